The Hall–Kier alpha value is -1.04. The van der Waals surface area contributed by atoms with Gasteiger partial charge in [-0.2, -0.15) is 0 Å². The van der Waals surface area contributed by atoms with Crippen LogP contribution in [0, 0.1) is 29.2 Å². The Bertz CT molecular complexity index is 1320. The van der Waals surface area contributed by atoms with Crippen molar-refractivity contribution in [2.45, 2.75) is 125 Å². The van der Waals surface area contributed by atoms with Crippen molar-refractivity contribution in [1.82, 2.24) is 4.90 Å². The van der Waals surface area contributed by atoms with Crippen LogP contribution in [0.3, 0.4) is 0 Å². The van der Waals surface area contributed by atoms with Crippen LogP contribution in [0.15, 0.2) is 36.4 Å². The van der Waals surface area contributed by atoms with Gasteiger partial charge >= 0.3 is 21.7 Å². The smallest absolute Gasteiger partial charge is 0.507 e. The molecule has 0 saturated heterocycles. The fourth-order valence-electron chi connectivity index (χ4n) is 6.02. The summed E-state index contributed by atoms with van der Waals surface area (Å²) in [7, 11) is 5.66. The molecule has 7 N–H and O–H groups in total. The summed E-state index contributed by atoms with van der Waals surface area (Å²) in [6.07, 6.45) is -0.264. The van der Waals surface area contributed by atoms with Crippen molar-refractivity contribution < 1.29 is 106 Å². The van der Waals surface area contributed by atoms with E-state index in [1.807, 2.05) is 19.9 Å². The third-order valence-corrected chi connectivity index (χ3v) is 8.72. The van der Waals surface area contributed by atoms with Gasteiger partial charge in [0, 0.05) is 104 Å². The number of aliphatic hydroxyl groups excluding tert-OH is 4. The summed E-state index contributed by atoms with van der Waals surface area (Å²) in [5, 5.41) is 61.3. The van der Waals surface area contributed by atoms with Crippen LogP contribution in [0.1, 0.15) is 155 Å². The minimum absolute atomic E-state index is 0. The predicted octanol–water partition coefficient (Wildman–Crippen LogP) is 9.92. The first-order valence-corrected chi connectivity index (χ1v) is 18.0. The Balaban J connectivity index is -0.000000280. The monoisotopic (exact) mass is 919 g/mol. The molecule has 58 heavy (non-hydrogen) atoms. The molecule has 0 aliphatic carbocycles. The predicted molar refractivity (Wildman–Crippen MR) is 235 cm³/mol. The average Bonchev–Trinajstić information content (AvgIpc) is 3.12. The summed E-state index contributed by atoms with van der Waals surface area (Å²) in [5.74, 6) is 1.72. The number of methoxy groups -OCH3 is 1. The van der Waals surface area contributed by atoms with Gasteiger partial charge in [0.2, 0.25) is 0 Å². The first kappa shape index (κ1) is 74.4. The molecular formula is C46H81NO8Ti3-2. The Labute approximate surface area is 400 Å². The van der Waals surface area contributed by atoms with E-state index < -0.39 is 0 Å². The van der Waals surface area contributed by atoms with E-state index in [2.05, 4.69) is 97.5 Å². The molecule has 2 unspecified atom stereocenters. The SMILES string of the molecule is CO.CO.CO.CO.[CH2-]C(C)c1cc(CN(Cc2cc(C(C)C)c(O)c(C(C)C)c2)Cc2cc(C(C)C)c(O)c(C(C)C)c2)cc(C(C)OC)c1O.[CH3-].[CH3-].[CH3-].[Ti+2].[Ti].[Ti]. The largest absolute Gasteiger partial charge is 2.00 e. The average molecular weight is 920 g/mol. The first-order valence-electron chi connectivity index (χ1n) is 18.0. The molecule has 3 aromatic carbocycles. The minimum atomic E-state index is -0.264. The van der Waals surface area contributed by atoms with Crippen LogP contribution in [-0.2, 0) is 89.5 Å². The van der Waals surface area contributed by atoms with Gasteiger partial charge in [-0.1, -0.05) is 92.6 Å². The zero-order chi connectivity index (χ0) is 41.0. The second-order valence-corrected chi connectivity index (χ2v) is 13.9. The maximum absolute atomic E-state index is 11.1. The number of phenolic OH excluding ortho intramolecular Hbond substituents is 3. The Kier molecular flexibility index (Phi) is 49.9. The number of aliphatic hydroxyl groups is 4. The Morgan fingerprint density at radius 2 is 0.672 bits per heavy atom. The first-order chi connectivity index (χ1) is 24.5. The molecule has 0 amide bonds. The van der Waals surface area contributed by atoms with Crippen molar-refractivity contribution in [3.8, 4) is 17.2 Å². The second-order valence-electron chi connectivity index (χ2n) is 13.9. The molecule has 0 fully saturated rings. The van der Waals surface area contributed by atoms with Crippen molar-refractivity contribution in [3.63, 3.8) is 0 Å². The summed E-state index contributed by atoms with van der Waals surface area (Å²) in [5.41, 5.74) is 8.81. The third-order valence-electron chi connectivity index (χ3n) is 8.72. The second kappa shape index (κ2) is 38.9. The molecular weight excluding hydrogens is 838 g/mol. The van der Waals surface area contributed by atoms with Crippen LogP contribution >= 0.6 is 0 Å². The molecule has 0 heterocycles. The summed E-state index contributed by atoms with van der Waals surface area (Å²) < 4.78 is 5.63. The summed E-state index contributed by atoms with van der Waals surface area (Å²) in [6.45, 7) is 27.1. The summed E-state index contributed by atoms with van der Waals surface area (Å²) in [4.78, 5) is 2.41. The van der Waals surface area contributed by atoms with Gasteiger partial charge in [-0.05, 0) is 81.2 Å². The number of rotatable bonds is 13. The fourth-order valence-corrected chi connectivity index (χ4v) is 6.02. The maximum Gasteiger partial charge on any atom is 2.00 e. The van der Waals surface area contributed by atoms with E-state index in [-0.39, 0.29) is 129 Å². The third kappa shape index (κ3) is 22.2. The maximum atomic E-state index is 11.1. The van der Waals surface area contributed by atoms with Crippen molar-refractivity contribution in [2.24, 2.45) is 0 Å². The topological polar surface area (TPSA) is 154 Å². The van der Waals surface area contributed by atoms with Crippen LogP contribution in [-0.4, -0.2) is 76.2 Å². The number of hydrogen-bond donors (Lipinski definition) is 7. The van der Waals surface area contributed by atoms with Gasteiger partial charge in [0.15, 0.2) is 0 Å². The molecule has 0 spiro atoms. The van der Waals surface area contributed by atoms with Gasteiger partial charge in [-0.3, -0.25) is 4.90 Å². The standard InChI is InChI=1S/C39H56NO4.4CH4O.3CH3.3Ti/c1-22(2)31-13-28(14-32(23(3)4)37(31)41)19-40(20-29-15-33(24(5)6)38(42)34(16-29)25(7)8)21-30-17-35(26(9)10)39(43)36(18-30)27(11)44-12;4*1-2;;;;;;/h13-18,22-27,41-43H,9,19-21H2,1-8,10-12H3;4*2H,1H3;3*1H3;;;/q-1;;;;;3*-1;;;+2. The van der Waals surface area contributed by atoms with E-state index in [1.54, 1.807) is 7.11 Å². The molecule has 0 bridgehead atoms. The molecule has 12 heteroatoms. The molecule has 0 aliphatic heterocycles. The molecule has 0 aromatic heterocycles. The molecule has 0 aliphatic rings. The van der Waals surface area contributed by atoms with Crippen molar-refractivity contribution in [2.75, 3.05) is 35.5 Å². The van der Waals surface area contributed by atoms with Gasteiger partial charge in [0.25, 0.3) is 0 Å². The molecule has 0 radical (unpaired) electrons. The van der Waals surface area contributed by atoms with E-state index in [9.17, 15) is 15.3 Å². The molecule has 332 valence electrons. The zero-order valence-electron chi connectivity index (χ0n) is 39.2. The van der Waals surface area contributed by atoms with Crippen LogP contribution < -0.4 is 0 Å². The number of nitrogens with zero attached hydrogens (tertiary/aromatic N) is 1. The normalized spacial score (nSPS) is 10.7. The van der Waals surface area contributed by atoms with E-state index in [0.717, 1.165) is 78.5 Å². The minimum Gasteiger partial charge on any atom is -0.507 e. The van der Waals surface area contributed by atoms with Crippen LogP contribution in [0.5, 0.6) is 17.2 Å². The molecule has 3 rings (SSSR count). The molecule has 9 nitrogen and oxygen atoms in total. The van der Waals surface area contributed by atoms with Gasteiger partial charge in [0.1, 0.15) is 17.2 Å². The zero-order valence-corrected chi connectivity index (χ0v) is 43.9. The number of phenols is 3. The quantitative estimate of drug-likeness (QED) is 0.0656. The van der Waals surface area contributed by atoms with Crippen molar-refractivity contribution in [3.05, 3.63) is 116 Å². The van der Waals surface area contributed by atoms with E-state index in [0.29, 0.717) is 31.1 Å². The van der Waals surface area contributed by atoms with Crippen LogP contribution in [0.25, 0.3) is 0 Å². The van der Waals surface area contributed by atoms with E-state index in [4.69, 9.17) is 25.2 Å². The van der Waals surface area contributed by atoms with E-state index >= 15 is 0 Å². The number of ether oxygens (including phenoxy) is 1. The molecule has 3 aromatic rings. The number of aromatic hydroxyl groups is 3. The summed E-state index contributed by atoms with van der Waals surface area (Å²) >= 11 is 0. The van der Waals surface area contributed by atoms with Gasteiger partial charge in [0.05, 0.1) is 6.10 Å². The van der Waals surface area contributed by atoms with Gasteiger partial charge in [-0.25, -0.2) is 0 Å². The van der Waals surface area contributed by atoms with Crippen LogP contribution in [0.2, 0.25) is 0 Å². The Morgan fingerprint density at radius 3 is 0.879 bits per heavy atom. The Morgan fingerprint density at radius 1 is 0.466 bits per heavy atom. The van der Waals surface area contributed by atoms with Crippen molar-refractivity contribution >= 4 is 0 Å². The van der Waals surface area contributed by atoms with Crippen molar-refractivity contribution in [1.29, 1.82) is 0 Å². The number of hydrogen-bond acceptors (Lipinski definition) is 9. The fraction of sp³-hybridized carbons (Fsp3) is 0.522. The molecule has 2 atom stereocenters. The van der Waals surface area contributed by atoms with Gasteiger partial charge < -0.3 is 69.7 Å². The van der Waals surface area contributed by atoms with E-state index in [1.165, 1.54) is 0 Å². The summed E-state index contributed by atoms with van der Waals surface area (Å²) in [6, 6.07) is 12.7. The molecule has 0 saturated carbocycles. The number of benzene rings is 3. The van der Waals surface area contributed by atoms with Gasteiger partial charge in [-0.15, -0.1) is 5.92 Å². The van der Waals surface area contributed by atoms with Crippen LogP contribution in [0.4, 0.5) is 0 Å².